The number of carbonyl (C=O) groups excluding carboxylic acids is 1. The molecule has 0 radical (unpaired) electrons. The fourth-order valence-electron chi connectivity index (χ4n) is 6.95. The Morgan fingerprint density at radius 3 is 2.57 bits per heavy atom. The summed E-state index contributed by atoms with van der Waals surface area (Å²) >= 11 is 0. The molecule has 4 heteroatoms. The van der Waals surface area contributed by atoms with Crippen molar-refractivity contribution in [3.8, 4) is 0 Å². The third-order valence-corrected chi connectivity index (χ3v) is 8.15. The Kier molecular flexibility index (Phi) is 3.59. The van der Waals surface area contributed by atoms with Gasteiger partial charge in [-0.3, -0.25) is 4.79 Å². The molecule has 0 spiro atoms. The average molecular weight is 321 g/mol. The molecule has 1 heterocycles. The van der Waals surface area contributed by atoms with E-state index in [1.54, 1.807) is 0 Å². The number of nitrogens with one attached hydrogen (secondary N) is 1. The molecule has 4 rings (SSSR count). The maximum Gasteiger partial charge on any atom is 0.220 e. The summed E-state index contributed by atoms with van der Waals surface area (Å²) in [7, 11) is 0. The van der Waals surface area contributed by atoms with Crippen molar-refractivity contribution in [2.45, 2.75) is 83.0 Å². The van der Waals surface area contributed by atoms with Gasteiger partial charge in [-0.25, -0.2) is 0 Å². The summed E-state index contributed by atoms with van der Waals surface area (Å²) in [6.07, 6.45) is 6.82. The highest BCUT2D eigenvalue weighted by Gasteiger charge is 2.60. The molecule has 0 aromatic rings. The van der Waals surface area contributed by atoms with E-state index in [-0.39, 0.29) is 35.0 Å². The first-order chi connectivity index (χ1) is 10.8. The zero-order chi connectivity index (χ0) is 16.4. The van der Waals surface area contributed by atoms with Gasteiger partial charge in [0.1, 0.15) is 0 Å². The van der Waals surface area contributed by atoms with E-state index in [9.17, 15) is 15.0 Å². The number of carbonyl (C=O) groups is 1. The number of rotatable bonds is 0. The first-order valence-corrected chi connectivity index (χ1v) is 9.50. The van der Waals surface area contributed by atoms with E-state index < -0.39 is 0 Å². The number of amides is 1. The minimum absolute atomic E-state index is 0.0758. The predicted molar refractivity (Wildman–Crippen MR) is 87.6 cm³/mol. The van der Waals surface area contributed by atoms with Crippen LogP contribution in [0, 0.1) is 29.1 Å². The van der Waals surface area contributed by atoms with E-state index in [1.165, 1.54) is 0 Å². The van der Waals surface area contributed by atoms with Gasteiger partial charge >= 0.3 is 0 Å². The first-order valence-electron chi connectivity index (χ1n) is 9.50. The second kappa shape index (κ2) is 5.19. The molecule has 3 aliphatic carbocycles. The summed E-state index contributed by atoms with van der Waals surface area (Å²) in [4.78, 5) is 11.9. The molecular weight excluding hydrogens is 290 g/mol. The van der Waals surface area contributed by atoms with Crippen LogP contribution >= 0.6 is 0 Å². The second-order valence-electron chi connectivity index (χ2n) is 9.26. The largest absolute Gasteiger partial charge is 0.393 e. The van der Waals surface area contributed by atoms with Crippen molar-refractivity contribution in [3.05, 3.63) is 0 Å². The van der Waals surface area contributed by atoms with Crippen molar-refractivity contribution >= 4 is 5.91 Å². The highest BCUT2D eigenvalue weighted by molar-refractivity contribution is 5.77. The Bertz CT molecular complexity index is 509. The van der Waals surface area contributed by atoms with E-state index in [4.69, 9.17) is 0 Å². The minimum atomic E-state index is -0.295. The van der Waals surface area contributed by atoms with Crippen molar-refractivity contribution in [1.82, 2.24) is 5.32 Å². The second-order valence-corrected chi connectivity index (χ2v) is 9.26. The van der Waals surface area contributed by atoms with E-state index in [0.29, 0.717) is 24.2 Å². The first kappa shape index (κ1) is 15.9. The van der Waals surface area contributed by atoms with E-state index in [1.807, 2.05) is 0 Å². The van der Waals surface area contributed by atoms with Gasteiger partial charge in [0.2, 0.25) is 5.91 Å². The van der Waals surface area contributed by atoms with Crippen LogP contribution in [-0.2, 0) is 4.79 Å². The monoisotopic (exact) mass is 321 g/mol. The molecule has 4 fully saturated rings. The van der Waals surface area contributed by atoms with E-state index in [2.05, 4.69) is 19.2 Å². The maximum atomic E-state index is 11.9. The Hall–Kier alpha value is -0.610. The molecule has 0 bridgehead atoms. The van der Waals surface area contributed by atoms with E-state index in [0.717, 1.165) is 44.9 Å². The summed E-state index contributed by atoms with van der Waals surface area (Å²) in [6.45, 7) is 4.59. The van der Waals surface area contributed by atoms with Crippen molar-refractivity contribution in [2.75, 3.05) is 0 Å². The summed E-state index contributed by atoms with van der Waals surface area (Å²) in [5.41, 5.74) is 0.0813. The van der Waals surface area contributed by atoms with Gasteiger partial charge < -0.3 is 15.5 Å². The molecule has 1 saturated heterocycles. The van der Waals surface area contributed by atoms with Crippen LogP contribution < -0.4 is 5.32 Å². The van der Waals surface area contributed by atoms with Gasteiger partial charge in [-0.1, -0.05) is 6.92 Å². The molecule has 8 unspecified atom stereocenters. The van der Waals surface area contributed by atoms with E-state index >= 15 is 0 Å². The van der Waals surface area contributed by atoms with Crippen LogP contribution in [0.2, 0.25) is 0 Å². The number of piperidine rings is 1. The van der Waals surface area contributed by atoms with Crippen LogP contribution in [0.25, 0.3) is 0 Å². The lowest BCUT2D eigenvalue weighted by molar-refractivity contribution is -0.171. The zero-order valence-electron chi connectivity index (χ0n) is 14.4. The molecule has 3 saturated carbocycles. The van der Waals surface area contributed by atoms with Crippen molar-refractivity contribution in [1.29, 1.82) is 0 Å². The number of aliphatic hydroxyl groups excluding tert-OH is 2. The Morgan fingerprint density at radius 2 is 1.78 bits per heavy atom. The smallest absolute Gasteiger partial charge is 0.220 e. The maximum absolute atomic E-state index is 11.9. The lowest BCUT2D eigenvalue weighted by Crippen LogP contribution is -2.65. The average Bonchev–Trinajstić information content (AvgIpc) is 2.48. The Balaban J connectivity index is 1.65. The molecular formula is C19H31NO3. The third kappa shape index (κ3) is 2.28. The molecule has 8 atom stereocenters. The number of aliphatic hydroxyl groups is 2. The van der Waals surface area contributed by atoms with Gasteiger partial charge in [-0.05, 0) is 81.0 Å². The third-order valence-electron chi connectivity index (χ3n) is 8.15. The van der Waals surface area contributed by atoms with Gasteiger partial charge in [-0.15, -0.1) is 0 Å². The molecule has 1 amide bonds. The summed E-state index contributed by atoms with van der Waals surface area (Å²) < 4.78 is 0. The summed E-state index contributed by atoms with van der Waals surface area (Å²) in [6, 6.07) is 0. The fourth-order valence-corrected chi connectivity index (χ4v) is 6.95. The SMILES string of the molecule is CC12CCC3C(CC(O)C4CC(O)CCC43C)C1CCC(=O)N2. The number of fused-ring (bicyclic) bond motifs is 5. The molecule has 130 valence electrons. The number of hydrogen-bond acceptors (Lipinski definition) is 3. The predicted octanol–water partition coefficient (Wildman–Crippen LogP) is 2.23. The normalized spacial score (nSPS) is 56.1. The molecule has 4 nitrogen and oxygen atoms in total. The molecule has 23 heavy (non-hydrogen) atoms. The van der Waals surface area contributed by atoms with Crippen LogP contribution in [0.4, 0.5) is 0 Å². The molecule has 1 aliphatic heterocycles. The quantitative estimate of drug-likeness (QED) is 0.641. The van der Waals surface area contributed by atoms with Crippen LogP contribution in [0.3, 0.4) is 0 Å². The highest BCUT2D eigenvalue weighted by Crippen LogP contribution is 2.62. The molecule has 3 N–H and O–H groups in total. The standard InChI is InChI=1S/C19H31NO3/c1-18-7-5-11(21)9-15(18)16(22)10-12-13(18)6-8-19(2)14(12)3-4-17(23)20-19/h11-16,21-22H,3-10H2,1-2H3,(H,20,23). The van der Waals surface area contributed by atoms with Crippen LogP contribution in [0.5, 0.6) is 0 Å². The zero-order valence-corrected chi connectivity index (χ0v) is 14.4. The molecule has 4 aliphatic rings. The van der Waals surface area contributed by atoms with Gasteiger partial charge in [0, 0.05) is 12.0 Å². The molecule has 0 aromatic carbocycles. The van der Waals surface area contributed by atoms with Crippen molar-refractivity contribution in [2.24, 2.45) is 29.1 Å². The van der Waals surface area contributed by atoms with Crippen LogP contribution in [-0.4, -0.2) is 33.9 Å². The Labute approximate surface area is 139 Å². The van der Waals surface area contributed by atoms with Crippen LogP contribution in [0.15, 0.2) is 0 Å². The summed E-state index contributed by atoms with van der Waals surface area (Å²) in [5, 5.41) is 24.2. The topological polar surface area (TPSA) is 69.6 Å². The fraction of sp³-hybridized carbons (Fsp3) is 0.947. The van der Waals surface area contributed by atoms with Gasteiger partial charge in [0.15, 0.2) is 0 Å². The van der Waals surface area contributed by atoms with Gasteiger partial charge in [-0.2, -0.15) is 0 Å². The van der Waals surface area contributed by atoms with Gasteiger partial charge in [0.05, 0.1) is 12.2 Å². The minimum Gasteiger partial charge on any atom is -0.393 e. The van der Waals surface area contributed by atoms with Crippen molar-refractivity contribution < 1.29 is 15.0 Å². The van der Waals surface area contributed by atoms with Crippen molar-refractivity contribution in [3.63, 3.8) is 0 Å². The molecule has 0 aromatic heterocycles. The lowest BCUT2D eigenvalue weighted by Gasteiger charge is -2.63. The summed E-state index contributed by atoms with van der Waals surface area (Å²) in [5.74, 6) is 2.09. The lowest BCUT2D eigenvalue weighted by atomic mass is 9.44. The van der Waals surface area contributed by atoms with Gasteiger partial charge in [0.25, 0.3) is 0 Å². The number of hydrogen-bond donors (Lipinski definition) is 3. The van der Waals surface area contributed by atoms with Crippen LogP contribution in [0.1, 0.15) is 65.2 Å². The Morgan fingerprint density at radius 1 is 1.00 bits per heavy atom. The highest BCUT2D eigenvalue weighted by atomic mass is 16.3.